The zero-order valence-electron chi connectivity index (χ0n) is 22.3. The second-order valence-corrected chi connectivity index (χ2v) is 11.8. The summed E-state index contributed by atoms with van der Waals surface area (Å²) in [5.41, 5.74) is 4.40. The van der Waals surface area contributed by atoms with E-state index in [1.54, 1.807) is 12.1 Å². The maximum Gasteiger partial charge on any atom is 0.307 e. The minimum atomic E-state index is -0.962. The summed E-state index contributed by atoms with van der Waals surface area (Å²) in [5.74, 6) is -2.80. The number of aromatic nitrogens is 1. The van der Waals surface area contributed by atoms with Crippen molar-refractivity contribution in [3.05, 3.63) is 108 Å². The zero-order chi connectivity index (χ0) is 28.8. The minimum Gasteiger partial charge on any atom is -0.481 e. The lowest BCUT2D eigenvalue weighted by molar-refractivity contribution is -0.146. The van der Waals surface area contributed by atoms with E-state index >= 15 is 0 Å². The number of thiazole rings is 1. The van der Waals surface area contributed by atoms with Crippen molar-refractivity contribution in [2.24, 2.45) is 11.8 Å². The molecule has 0 saturated heterocycles. The molecule has 0 bridgehead atoms. The number of hydrogen-bond donors (Lipinski definition) is 3. The van der Waals surface area contributed by atoms with Gasteiger partial charge < -0.3 is 15.7 Å². The van der Waals surface area contributed by atoms with E-state index in [9.17, 15) is 19.5 Å². The van der Waals surface area contributed by atoms with Crippen molar-refractivity contribution in [2.45, 2.75) is 29.9 Å². The van der Waals surface area contributed by atoms with Crippen LogP contribution in [0.5, 0.6) is 0 Å². The molecule has 0 radical (unpaired) electrons. The molecular weight excluding hydrogens is 555 g/mol. The van der Waals surface area contributed by atoms with Gasteiger partial charge >= 0.3 is 5.97 Å². The van der Waals surface area contributed by atoms with Crippen LogP contribution in [-0.2, 0) is 14.4 Å². The maximum absolute atomic E-state index is 13.5. The van der Waals surface area contributed by atoms with Gasteiger partial charge in [0.1, 0.15) is 5.25 Å². The highest BCUT2D eigenvalue weighted by molar-refractivity contribution is 8.00. The highest BCUT2D eigenvalue weighted by Gasteiger charge is 2.34. The lowest BCUT2D eigenvalue weighted by atomic mass is 9.82. The van der Waals surface area contributed by atoms with Crippen molar-refractivity contribution in [3.63, 3.8) is 0 Å². The first-order valence-corrected chi connectivity index (χ1v) is 15.0. The molecule has 2 amide bonds. The number of carboxylic acid groups (broad SMARTS) is 1. The van der Waals surface area contributed by atoms with E-state index in [1.807, 2.05) is 91.2 Å². The minimum absolute atomic E-state index is 0.187. The maximum atomic E-state index is 13.5. The van der Waals surface area contributed by atoms with E-state index < -0.39 is 23.1 Å². The van der Waals surface area contributed by atoms with Gasteiger partial charge in [-0.05, 0) is 49.6 Å². The van der Waals surface area contributed by atoms with Crippen molar-refractivity contribution in [2.75, 3.05) is 10.6 Å². The van der Waals surface area contributed by atoms with Crippen molar-refractivity contribution < 1.29 is 19.5 Å². The number of amides is 2. The largest absolute Gasteiger partial charge is 0.481 e. The van der Waals surface area contributed by atoms with E-state index in [4.69, 9.17) is 0 Å². The second-order valence-electron chi connectivity index (χ2n) is 9.81. The fourth-order valence-corrected chi connectivity index (χ4v) is 6.37. The van der Waals surface area contributed by atoms with Gasteiger partial charge in [0.2, 0.25) is 11.8 Å². The molecule has 0 aliphatic heterocycles. The molecule has 1 aliphatic carbocycles. The zero-order valence-corrected chi connectivity index (χ0v) is 24.0. The molecule has 1 heterocycles. The van der Waals surface area contributed by atoms with Gasteiger partial charge in [0.25, 0.3) is 0 Å². The molecule has 4 aromatic rings. The molecule has 0 saturated carbocycles. The predicted molar refractivity (Wildman–Crippen MR) is 164 cm³/mol. The molecule has 3 unspecified atom stereocenters. The topological polar surface area (TPSA) is 108 Å². The first kappa shape index (κ1) is 28.3. The van der Waals surface area contributed by atoms with E-state index in [1.165, 1.54) is 28.7 Å². The number of aryl methyl sites for hydroxylation is 1. The summed E-state index contributed by atoms with van der Waals surface area (Å²) in [7, 11) is 0. The molecule has 1 aromatic heterocycles. The van der Waals surface area contributed by atoms with Gasteiger partial charge in [-0.2, -0.15) is 0 Å². The first-order chi connectivity index (χ1) is 19.9. The number of anilines is 2. The highest BCUT2D eigenvalue weighted by Crippen LogP contribution is 2.37. The monoisotopic (exact) mass is 583 g/mol. The van der Waals surface area contributed by atoms with Crippen molar-refractivity contribution in [1.29, 1.82) is 0 Å². The number of nitrogens with zero attached hydrogens (tertiary/aromatic N) is 1. The molecule has 208 valence electrons. The Kier molecular flexibility index (Phi) is 8.96. The number of aliphatic carboxylic acids is 1. The molecule has 3 N–H and O–H groups in total. The lowest BCUT2D eigenvalue weighted by Gasteiger charge is -2.24. The molecule has 0 fully saturated rings. The van der Waals surface area contributed by atoms with E-state index in [2.05, 4.69) is 15.6 Å². The summed E-state index contributed by atoms with van der Waals surface area (Å²) in [6.07, 6.45) is 4.41. The highest BCUT2D eigenvalue weighted by atomic mass is 32.2. The average Bonchev–Trinajstić information content (AvgIpc) is 3.45. The Bertz CT molecular complexity index is 1550. The number of hydrogen-bond acceptors (Lipinski definition) is 6. The molecule has 9 heteroatoms. The molecule has 41 heavy (non-hydrogen) atoms. The normalized spacial score (nSPS) is 17.0. The summed E-state index contributed by atoms with van der Waals surface area (Å²) in [4.78, 5) is 43.4. The van der Waals surface area contributed by atoms with Crippen LogP contribution < -0.4 is 10.6 Å². The molecular formula is C32H29N3O4S2. The number of carboxylic acids is 1. The smallest absolute Gasteiger partial charge is 0.307 e. The van der Waals surface area contributed by atoms with Gasteiger partial charge in [-0.3, -0.25) is 14.4 Å². The van der Waals surface area contributed by atoms with Gasteiger partial charge in [-0.1, -0.05) is 72.3 Å². The van der Waals surface area contributed by atoms with Crippen LogP contribution in [0, 0.1) is 18.8 Å². The Morgan fingerprint density at radius 2 is 1.59 bits per heavy atom. The van der Waals surface area contributed by atoms with Gasteiger partial charge in [0.15, 0.2) is 5.13 Å². The van der Waals surface area contributed by atoms with Crippen LogP contribution in [0.15, 0.2) is 101 Å². The van der Waals surface area contributed by atoms with Gasteiger partial charge in [0, 0.05) is 21.5 Å². The fourth-order valence-electron chi connectivity index (χ4n) is 4.62. The summed E-state index contributed by atoms with van der Waals surface area (Å²) in [6, 6.07) is 24.9. The fraction of sp³-hybridized carbons (Fsp3) is 0.188. The molecule has 7 nitrogen and oxygen atoms in total. The Balaban J connectivity index is 1.27. The van der Waals surface area contributed by atoms with Crippen LogP contribution >= 0.6 is 23.1 Å². The third-order valence-corrected chi connectivity index (χ3v) is 8.91. The molecule has 3 aromatic carbocycles. The van der Waals surface area contributed by atoms with Crippen molar-refractivity contribution in [3.8, 4) is 11.3 Å². The quantitative estimate of drug-likeness (QED) is 0.142. The number of carbonyl (C=O) groups excluding carboxylic acids is 2. The summed E-state index contributed by atoms with van der Waals surface area (Å²) >= 11 is 2.78. The third kappa shape index (κ3) is 7.11. The number of carbonyl (C=O) groups is 3. The van der Waals surface area contributed by atoms with E-state index in [-0.39, 0.29) is 11.8 Å². The van der Waals surface area contributed by atoms with Crippen LogP contribution in [0.25, 0.3) is 11.3 Å². The van der Waals surface area contributed by atoms with Crippen LogP contribution in [0.2, 0.25) is 0 Å². The van der Waals surface area contributed by atoms with E-state index in [0.717, 1.165) is 21.7 Å². The molecule has 5 rings (SSSR count). The van der Waals surface area contributed by atoms with Crippen LogP contribution in [0.4, 0.5) is 10.8 Å². The van der Waals surface area contributed by atoms with Crippen molar-refractivity contribution >= 4 is 51.7 Å². The Labute approximate surface area is 246 Å². The molecule has 3 atom stereocenters. The predicted octanol–water partition coefficient (Wildman–Crippen LogP) is 7.20. The van der Waals surface area contributed by atoms with Crippen LogP contribution in [0.3, 0.4) is 0 Å². The Hall–Kier alpha value is -4.21. The number of nitrogens with one attached hydrogen (secondary N) is 2. The summed E-state index contributed by atoms with van der Waals surface area (Å²) in [5, 5.41) is 17.3. The lowest BCUT2D eigenvalue weighted by Crippen LogP contribution is -2.34. The first-order valence-electron chi connectivity index (χ1n) is 13.2. The standard InChI is InChI=1S/C32H29N3O4S2/c1-20-11-13-21(14-12-20)27-19-40-32(34-27)35-30(37)28(22-7-3-2-4-8-22)41-24-17-15-23(16-18-24)33-29(36)25-9-5-6-10-26(25)31(38)39/h2-8,11-19,25-26,28H,9-10H2,1H3,(H,33,36)(H,38,39)(H,34,35,37). The van der Waals surface area contributed by atoms with Crippen molar-refractivity contribution in [1.82, 2.24) is 4.98 Å². The SMILES string of the molecule is Cc1ccc(-c2csc(NC(=O)C(Sc3ccc(NC(=O)C4CC=CCC4C(=O)O)cc3)c3ccccc3)n2)cc1. The average molecular weight is 584 g/mol. The Morgan fingerprint density at radius 1 is 0.902 bits per heavy atom. The summed E-state index contributed by atoms with van der Waals surface area (Å²) < 4.78 is 0. The number of allylic oxidation sites excluding steroid dienone is 2. The number of rotatable bonds is 9. The third-order valence-electron chi connectivity index (χ3n) is 6.88. The van der Waals surface area contributed by atoms with E-state index in [0.29, 0.717) is 23.7 Å². The van der Waals surface area contributed by atoms with Gasteiger partial charge in [0.05, 0.1) is 17.5 Å². The van der Waals surface area contributed by atoms with Gasteiger partial charge in [-0.15, -0.1) is 23.1 Å². The second kappa shape index (κ2) is 13.0. The van der Waals surface area contributed by atoms with Crippen LogP contribution in [0.1, 0.15) is 29.2 Å². The van der Waals surface area contributed by atoms with Gasteiger partial charge in [-0.25, -0.2) is 4.98 Å². The Morgan fingerprint density at radius 3 is 2.27 bits per heavy atom. The number of thioether (sulfide) groups is 1. The molecule has 1 aliphatic rings. The molecule has 0 spiro atoms. The summed E-state index contributed by atoms with van der Waals surface area (Å²) in [6.45, 7) is 2.03. The number of benzene rings is 3. The van der Waals surface area contributed by atoms with Crippen LogP contribution in [-0.4, -0.2) is 27.9 Å².